The van der Waals surface area contributed by atoms with E-state index in [1.807, 2.05) is 0 Å². The average Bonchev–Trinajstić information content (AvgIpc) is 2.63. The Kier molecular flexibility index (Phi) is 12.0. The minimum absolute atomic E-state index is 0.0427. The normalized spacial score (nSPS) is 15.8. The molecule has 0 aliphatic heterocycles. The number of amides is 2. The monoisotopic (exact) mass is 372 g/mol. The maximum Gasteiger partial charge on any atom is 0.245 e. The highest BCUT2D eigenvalue weighted by molar-refractivity contribution is 5.93. The zero-order chi connectivity index (χ0) is 20.3. The van der Waals surface area contributed by atoms with Crippen LogP contribution in [0.3, 0.4) is 0 Å². The van der Waals surface area contributed by atoms with Crippen molar-refractivity contribution in [3.8, 4) is 0 Å². The van der Waals surface area contributed by atoms with Gasteiger partial charge in [-0.15, -0.1) is 0 Å². The standard InChI is InChI=1S/C18H36N4O4/c1-5-12(6-2)8-13(9-19)17(25)22-16(11(4)23)18(26)21-14(10-20)15(24)7-3/h11-14,16,23H,5-10,19-20H2,1-4H3,(H,21,26)(H,22,25)/t11-,13?,14-,16-/m0/s1. The molecule has 0 heterocycles. The van der Waals surface area contributed by atoms with Crippen molar-refractivity contribution in [1.29, 1.82) is 0 Å². The molecule has 8 heteroatoms. The van der Waals surface area contributed by atoms with Crippen molar-refractivity contribution in [2.75, 3.05) is 13.1 Å². The number of aliphatic hydroxyl groups excluding tert-OH is 1. The minimum atomic E-state index is -1.17. The van der Waals surface area contributed by atoms with E-state index in [4.69, 9.17) is 11.5 Å². The van der Waals surface area contributed by atoms with E-state index in [1.54, 1.807) is 6.92 Å². The third-order valence-electron chi connectivity index (χ3n) is 4.78. The van der Waals surface area contributed by atoms with E-state index < -0.39 is 30.0 Å². The highest BCUT2D eigenvalue weighted by Crippen LogP contribution is 2.19. The first-order valence-electron chi connectivity index (χ1n) is 9.47. The minimum Gasteiger partial charge on any atom is -0.391 e. The lowest BCUT2D eigenvalue weighted by atomic mass is 9.90. The van der Waals surface area contributed by atoms with Crippen LogP contribution >= 0.6 is 0 Å². The summed E-state index contributed by atoms with van der Waals surface area (Å²) in [5.74, 6) is -1.27. The molecule has 0 aromatic carbocycles. The maximum atomic E-state index is 12.5. The second-order valence-electron chi connectivity index (χ2n) is 6.69. The van der Waals surface area contributed by atoms with Gasteiger partial charge in [0.25, 0.3) is 0 Å². The highest BCUT2D eigenvalue weighted by Gasteiger charge is 2.31. The average molecular weight is 373 g/mol. The summed E-state index contributed by atoms with van der Waals surface area (Å²) in [6.07, 6.45) is 1.62. The molecule has 0 radical (unpaired) electrons. The van der Waals surface area contributed by atoms with Crippen LogP contribution in [-0.2, 0) is 14.4 Å². The highest BCUT2D eigenvalue weighted by atomic mass is 16.3. The van der Waals surface area contributed by atoms with Crippen LogP contribution in [0.5, 0.6) is 0 Å². The predicted octanol–water partition coefficient (Wildman–Crippen LogP) is -0.324. The predicted molar refractivity (Wildman–Crippen MR) is 101 cm³/mol. The molecule has 0 saturated heterocycles. The van der Waals surface area contributed by atoms with Crippen LogP contribution in [0.25, 0.3) is 0 Å². The van der Waals surface area contributed by atoms with Crippen molar-refractivity contribution in [2.24, 2.45) is 23.3 Å². The first-order valence-corrected chi connectivity index (χ1v) is 9.47. The number of ketones is 1. The van der Waals surface area contributed by atoms with Gasteiger partial charge in [-0.05, 0) is 19.3 Å². The van der Waals surface area contributed by atoms with Gasteiger partial charge >= 0.3 is 0 Å². The van der Waals surface area contributed by atoms with Gasteiger partial charge in [-0.2, -0.15) is 0 Å². The topological polar surface area (TPSA) is 148 Å². The Morgan fingerprint density at radius 2 is 1.54 bits per heavy atom. The Labute approximate surface area is 156 Å². The van der Waals surface area contributed by atoms with Gasteiger partial charge in [0.2, 0.25) is 11.8 Å². The molecule has 8 nitrogen and oxygen atoms in total. The van der Waals surface area contributed by atoms with Crippen LogP contribution in [0.2, 0.25) is 0 Å². The summed E-state index contributed by atoms with van der Waals surface area (Å²) in [6, 6.07) is -2.00. The molecule has 0 spiro atoms. The lowest BCUT2D eigenvalue weighted by Crippen LogP contribution is -2.58. The molecule has 0 aliphatic carbocycles. The van der Waals surface area contributed by atoms with Gasteiger partial charge in [-0.3, -0.25) is 14.4 Å². The number of carbonyl (C=O) groups excluding carboxylic acids is 3. The maximum absolute atomic E-state index is 12.5. The molecule has 7 N–H and O–H groups in total. The van der Waals surface area contributed by atoms with Gasteiger partial charge in [0.1, 0.15) is 6.04 Å². The van der Waals surface area contributed by atoms with Gasteiger partial charge in [-0.1, -0.05) is 33.6 Å². The van der Waals surface area contributed by atoms with Crippen LogP contribution < -0.4 is 22.1 Å². The van der Waals surface area contributed by atoms with Crippen molar-refractivity contribution < 1.29 is 19.5 Å². The van der Waals surface area contributed by atoms with Gasteiger partial charge < -0.3 is 27.2 Å². The van der Waals surface area contributed by atoms with E-state index in [0.717, 1.165) is 12.8 Å². The number of nitrogens with one attached hydrogen (secondary N) is 2. The fraction of sp³-hybridized carbons (Fsp3) is 0.833. The molecule has 0 fully saturated rings. The second kappa shape index (κ2) is 12.8. The van der Waals surface area contributed by atoms with Crippen molar-refractivity contribution in [1.82, 2.24) is 10.6 Å². The summed E-state index contributed by atoms with van der Waals surface area (Å²) < 4.78 is 0. The van der Waals surface area contributed by atoms with Crippen LogP contribution in [0, 0.1) is 11.8 Å². The zero-order valence-electron chi connectivity index (χ0n) is 16.5. The first kappa shape index (κ1) is 24.5. The molecule has 1 unspecified atom stereocenters. The molecule has 0 aromatic rings. The lowest BCUT2D eigenvalue weighted by molar-refractivity contribution is -0.135. The van der Waals surface area contributed by atoms with Crippen molar-refractivity contribution in [3.05, 3.63) is 0 Å². The second-order valence-corrected chi connectivity index (χ2v) is 6.69. The van der Waals surface area contributed by atoms with E-state index in [-0.39, 0.29) is 31.2 Å². The molecule has 0 bridgehead atoms. The number of Topliss-reactive ketones (excluding diaryl/α,β-unsaturated/α-hetero) is 1. The van der Waals surface area contributed by atoms with E-state index in [1.165, 1.54) is 6.92 Å². The molecule has 4 atom stereocenters. The largest absolute Gasteiger partial charge is 0.391 e. The zero-order valence-corrected chi connectivity index (χ0v) is 16.5. The summed E-state index contributed by atoms with van der Waals surface area (Å²) in [5.41, 5.74) is 11.3. The fourth-order valence-electron chi connectivity index (χ4n) is 2.79. The Bertz CT molecular complexity index is 452. The smallest absolute Gasteiger partial charge is 0.245 e. The van der Waals surface area contributed by atoms with Gasteiger partial charge in [0.15, 0.2) is 5.78 Å². The number of carbonyl (C=O) groups is 3. The van der Waals surface area contributed by atoms with Crippen molar-refractivity contribution >= 4 is 17.6 Å². The van der Waals surface area contributed by atoms with Crippen molar-refractivity contribution in [3.63, 3.8) is 0 Å². The molecule has 2 amide bonds. The van der Waals surface area contributed by atoms with Crippen LogP contribution in [0.15, 0.2) is 0 Å². The van der Waals surface area contributed by atoms with Crippen LogP contribution in [0.1, 0.15) is 53.4 Å². The van der Waals surface area contributed by atoms with Gasteiger partial charge in [0, 0.05) is 19.5 Å². The quantitative estimate of drug-likeness (QED) is 0.299. The lowest BCUT2D eigenvalue weighted by Gasteiger charge is -2.26. The fourth-order valence-corrected chi connectivity index (χ4v) is 2.79. The first-order chi connectivity index (χ1) is 12.2. The Morgan fingerprint density at radius 3 is 1.92 bits per heavy atom. The molecule has 26 heavy (non-hydrogen) atoms. The van der Waals surface area contributed by atoms with Crippen molar-refractivity contribution in [2.45, 2.75) is 71.6 Å². The molecule has 0 aromatic heterocycles. The molecule has 152 valence electrons. The van der Waals surface area contributed by atoms with Crippen LogP contribution in [-0.4, -0.2) is 54.0 Å². The van der Waals surface area contributed by atoms with Gasteiger partial charge in [-0.25, -0.2) is 0 Å². The molecule has 0 saturated carbocycles. The van der Waals surface area contributed by atoms with E-state index in [0.29, 0.717) is 12.3 Å². The SMILES string of the molecule is CCC(=O)[C@H](CN)NC(=O)[C@@H](NC(=O)C(CN)CC(CC)CC)[C@H](C)O. The Hall–Kier alpha value is -1.51. The third kappa shape index (κ3) is 7.80. The van der Waals surface area contributed by atoms with E-state index in [2.05, 4.69) is 24.5 Å². The summed E-state index contributed by atoms with van der Waals surface area (Å²) >= 11 is 0. The van der Waals surface area contributed by atoms with Gasteiger partial charge in [0.05, 0.1) is 18.1 Å². The molecule has 0 rings (SSSR count). The molecular formula is C18H36N4O4. The third-order valence-corrected chi connectivity index (χ3v) is 4.78. The van der Waals surface area contributed by atoms with E-state index >= 15 is 0 Å². The van der Waals surface area contributed by atoms with E-state index in [9.17, 15) is 19.5 Å². The number of nitrogens with two attached hydrogens (primary N) is 2. The molecular weight excluding hydrogens is 336 g/mol. The van der Waals surface area contributed by atoms with Crippen LogP contribution in [0.4, 0.5) is 0 Å². The Balaban J connectivity index is 5.05. The number of rotatable bonds is 13. The Morgan fingerprint density at radius 1 is 0.962 bits per heavy atom. The number of hydrogen-bond acceptors (Lipinski definition) is 6. The number of hydrogen-bond donors (Lipinski definition) is 5. The summed E-state index contributed by atoms with van der Waals surface area (Å²) in [5, 5.41) is 15.0. The summed E-state index contributed by atoms with van der Waals surface area (Å²) in [4.78, 5) is 36.7. The number of aliphatic hydroxyl groups is 1. The summed E-state index contributed by atoms with van der Waals surface area (Å²) in [7, 11) is 0. The summed E-state index contributed by atoms with van der Waals surface area (Å²) in [6.45, 7) is 7.32. The molecule has 0 aliphatic rings.